The second-order valence-electron chi connectivity index (χ2n) is 7.87. The smallest absolute Gasteiger partial charge is 0.225 e. The lowest BCUT2D eigenvalue weighted by atomic mass is 9.76. The quantitative estimate of drug-likeness (QED) is 0.885. The Morgan fingerprint density at radius 1 is 1.30 bits per heavy atom. The van der Waals surface area contributed by atoms with Gasteiger partial charge in [0.05, 0.1) is 12.7 Å². The Morgan fingerprint density at radius 3 is 2.61 bits per heavy atom. The van der Waals surface area contributed by atoms with Crippen LogP contribution in [0.4, 0.5) is 11.8 Å². The van der Waals surface area contributed by atoms with Gasteiger partial charge < -0.3 is 20.7 Å². The lowest BCUT2D eigenvalue weighted by Crippen LogP contribution is -2.46. The van der Waals surface area contributed by atoms with Gasteiger partial charge in [-0.15, -0.1) is 0 Å². The monoisotopic (exact) mass is 321 g/mol. The van der Waals surface area contributed by atoms with Gasteiger partial charge in [0.25, 0.3) is 0 Å². The van der Waals surface area contributed by atoms with Crippen molar-refractivity contribution in [3.05, 3.63) is 11.8 Å². The van der Waals surface area contributed by atoms with Crippen LogP contribution in [0.15, 0.2) is 6.07 Å². The molecule has 1 aliphatic rings. The van der Waals surface area contributed by atoms with Crippen molar-refractivity contribution >= 4 is 11.8 Å². The van der Waals surface area contributed by atoms with Gasteiger partial charge >= 0.3 is 0 Å². The van der Waals surface area contributed by atoms with Crippen LogP contribution in [0, 0.1) is 12.3 Å². The molecule has 0 bridgehead atoms. The number of aryl methyl sites for hydroxylation is 1. The van der Waals surface area contributed by atoms with Gasteiger partial charge in [0.2, 0.25) is 5.95 Å². The summed E-state index contributed by atoms with van der Waals surface area (Å²) in [6, 6.07) is 2.02. The number of nitrogens with zero attached hydrogens (tertiary/aromatic N) is 3. The first-order valence-electron chi connectivity index (χ1n) is 8.33. The number of aromatic nitrogens is 2. The van der Waals surface area contributed by atoms with Crippen molar-refractivity contribution in [1.82, 2.24) is 9.97 Å². The van der Waals surface area contributed by atoms with E-state index in [2.05, 4.69) is 49.8 Å². The van der Waals surface area contributed by atoms with Crippen LogP contribution in [0.25, 0.3) is 0 Å². The standard InChI is InChI=1S/C17H31N5O/c1-12-9-14(22-7-8-23-13(10-18)11-22)20-15(19-12)21-17(5,6)16(2,3)4/h9,13H,7-8,10-11,18H2,1-6H3,(H,19,20,21)/t13-/m1/s1. The largest absolute Gasteiger partial charge is 0.373 e. The molecule has 0 saturated carbocycles. The summed E-state index contributed by atoms with van der Waals surface area (Å²) in [5, 5.41) is 3.50. The molecule has 0 radical (unpaired) electrons. The fourth-order valence-electron chi connectivity index (χ4n) is 2.31. The summed E-state index contributed by atoms with van der Waals surface area (Å²) in [5.74, 6) is 1.61. The molecule has 1 aromatic rings. The lowest BCUT2D eigenvalue weighted by Gasteiger charge is -2.40. The van der Waals surface area contributed by atoms with Crippen LogP contribution in [-0.2, 0) is 4.74 Å². The van der Waals surface area contributed by atoms with E-state index < -0.39 is 0 Å². The molecule has 1 fully saturated rings. The number of anilines is 2. The zero-order valence-electron chi connectivity index (χ0n) is 15.3. The molecular formula is C17H31N5O. The van der Waals surface area contributed by atoms with E-state index in [0.717, 1.165) is 24.6 Å². The third kappa shape index (κ3) is 4.32. The fourth-order valence-corrected chi connectivity index (χ4v) is 2.31. The summed E-state index contributed by atoms with van der Waals surface area (Å²) in [6.45, 7) is 15.8. The molecule has 6 heteroatoms. The number of hydrogen-bond acceptors (Lipinski definition) is 6. The van der Waals surface area contributed by atoms with Gasteiger partial charge in [0.15, 0.2) is 0 Å². The second-order valence-corrected chi connectivity index (χ2v) is 7.87. The number of rotatable bonds is 4. The molecule has 0 spiro atoms. The summed E-state index contributed by atoms with van der Waals surface area (Å²) < 4.78 is 5.64. The van der Waals surface area contributed by atoms with E-state index in [9.17, 15) is 0 Å². The molecule has 2 heterocycles. The van der Waals surface area contributed by atoms with Crippen LogP contribution in [0.1, 0.15) is 40.3 Å². The molecule has 1 saturated heterocycles. The molecule has 3 N–H and O–H groups in total. The number of morpholine rings is 1. The predicted octanol–water partition coefficient (Wildman–Crippen LogP) is 2.19. The maximum Gasteiger partial charge on any atom is 0.225 e. The van der Waals surface area contributed by atoms with E-state index in [0.29, 0.717) is 19.1 Å². The van der Waals surface area contributed by atoms with E-state index in [-0.39, 0.29) is 17.1 Å². The number of ether oxygens (including phenoxy) is 1. The van der Waals surface area contributed by atoms with Crippen LogP contribution in [0.5, 0.6) is 0 Å². The van der Waals surface area contributed by atoms with E-state index in [1.54, 1.807) is 0 Å². The Hall–Kier alpha value is -1.40. The number of hydrogen-bond donors (Lipinski definition) is 2. The van der Waals surface area contributed by atoms with Crippen LogP contribution in [0.3, 0.4) is 0 Å². The van der Waals surface area contributed by atoms with Crippen LogP contribution in [-0.4, -0.2) is 47.9 Å². The Morgan fingerprint density at radius 2 is 2.00 bits per heavy atom. The van der Waals surface area contributed by atoms with Gasteiger partial charge in [-0.2, -0.15) is 4.98 Å². The highest BCUT2D eigenvalue weighted by atomic mass is 16.5. The molecule has 6 nitrogen and oxygen atoms in total. The molecular weight excluding hydrogens is 290 g/mol. The van der Waals surface area contributed by atoms with Crippen molar-refractivity contribution in [2.75, 3.05) is 36.5 Å². The van der Waals surface area contributed by atoms with Crippen molar-refractivity contribution in [3.63, 3.8) is 0 Å². The topological polar surface area (TPSA) is 76.3 Å². The number of nitrogens with two attached hydrogens (primary N) is 1. The fraction of sp³-hybridized carbons (Fsp3) is 0.765. The van der Waals surface area contributed by atoms with Crippen LogP contribution in [0.2, 0.25) is 0 Å². The third-order valence-corrected chi connectivity index (χ3v) is 4.87. The van der Waals surface area contributed by atoms with E-state index >= 15 is 0 Å². The Kier molecular flexibility index (Phi) is 5.16. The zero-order chi connectivity index (χ0) is 17.3. The van der Waals surface area contributed by atoms with Gasteiger partial charge in [0.1, 0.15) is 5.82 Å². The minimum absolute atomic E-state index is 0.0708. The molecule has 0 amide bonds. The first-order valence-corrected chi connectivity index (χ1v) is 8.33. The molecule has 1 aliphatic heterocycles. The highest BCUT2D eigenvalue weighted by Gasteiger charge is 2.33. The maximum absolute atomic E-state index is 5.74. The number of nitrogens with one attached hydrogen (secondary N) is 1. The van der Waals surface area contributed by atoms with E-state index in [1.165, 1.54) is 0 Å². The Bertz CT molecular complexity index is 538. The minimum Gasteiger partial charge on any atom is -0.373 e. The van der Waals surface area contributed by atoms with Gasteiger partial charge in [-0.3, -0.25) is 0 Å². The van der Waals surface area contributed by atoms with Crippen molar-refractivity contribution < 1.29 is 4.74 Å². The van der Waals surface area contributed by atoms with Crippen LogP contribution < -0.4 is 16.0 Å². The summed E-state index contributed by atoms with van der Waals surface area (Å²) in [4.78, 5) is 11.5. The van der Waals surface area contributed by atoms with Crippen LogP contribution >= 0.6 is 0 Å². The first-order chi connectivity index (χ1) is 10.6. The molecule has 0 aliphatic carbocycles. The summed E-state index contributed by atoms with van der Waals surface area (Å²) >= 11 is 0. The van der Waals surface area contributed by atoms with Crippen molar-refractivity contribution in [2.45, 2.75) is 53.2 Å². The average Bonchev–Trinajstić information content (AvgIpc) is 2.45. The van der Waals surface area contributed by atoms with Gasteiger partial charge in [-0.1, -0.05) is 20.8 Å². The lowest BCUT2D eigenvalue weighted by molar-refractivity contribution is 0.0463. The molecule has 23 heavy (non-hydrogen) atoms. The summed E-state index contributed by atoms with van der Waals surface area (Å²) in [7, 11) is 0. The highest BCUT2D eigenvalue weighted by molar-refractivity contribution is 5.46. The first kappa shape index (κ1) is 17.9. The van der Waals surface area contributed by atoms with Crippen molar-refractivity contribution in [3.8, 4) is 0 Å². The zero-order valence-corrected chi connectivity index (χ0v) is 15.3. The molecule has 1 atom stereocenters. The molecule has 130 valence electrons. The predicted molar refractivity (Wildman–Crippen MR) is 94.9 cm³/mol. The summed E-state index contributed by atoms with van der Waals surface area (Å²) in [6.07, 6.45) is 0.0708. The van der Waals surface area contributed by atoms with E-state index in [4.69, 9.17) is 15.5 Å². The van der Waals surface area contributed by atoms with Gasteiger partial charge in [0, 0.05) is 36.9 Å². The second kappa shape index (κ2) is 6.61. The average molecular weight is 321 g/mol. The molecule has 2 rings (SSSR count). The Balaban J connectivity index is 2.22. The third-order valence-electron chi connectivity index (χ3n) is 4.87. The highest BCUT2D eigenvalue weighted by Crippen LogP contribution is 2.32. The SMILES string of the molecule is Cc1cc(N2CCO[C@H](CN)C2)nc(NC(C)(C)C(C)(C)C)n1. The Labute approximate surface area is 139 Å². The molecule has 0 aromatic carbocycles. The minimum atomic E-state index is -0.122. The van der Waals surface area contributed by atoms with Crippen molar-refractivity contribution in [2.24, 2.45) is 11.1 Å². The molecule has 1 aromatic heterocycles. The van der Waals surface area contributed by atoms with Crippen molar-refractivity contribution in [1.29, 1.82) is 0 Å². The van der Waals surface area contributed by atoms with Gasteiger partial charge in [-0.05, 0) is 26.2 Å². The maximum atomic E-state index is 5.74. The van der Waals surface area contributed by atoms with E-state index in [1.807, 2.05) is 13.0 Å². The normalized spacial score (nSPS) is 19.8. The van der Waals surface area contributed by atoms with Gasteiger partial charge in [-0.25, -0.2) is 4.98 Å². The molecule has 0 unspecified atom stereocenters. The summed E-state index contributed by atoms with van der Waals surface area (Å²) in [5.41, 5.74) is 6.66.